The summed E-state index contributed by atoms with van der Waals surface area (Å²) in [5.74, 6) is 3.27. The van der Waals surface area contributed by atoms with Gasteiger partial charge >= 0.3 is 0 Å². The number of ether oxygens (including phenoxy) is 3. The summed E-state index contributed by atoms with van der Waals surface area (Å²) in [6.45, 7) is 6.89. The van der Waals surface area contributed by atoms with E-state index >= 15 is 0 Å². The summed E-state index contributed by atoms with van der Waals surface area (Å²) < 4.78 is 21.7. The number of furan rings is 1. The van der Waals surface area contributed by atoms with E-state index in [1.807, 2.05) is 37.3 Å². The zero-order valence-corrected chi connectivity index (χ0v) is 17.9. The van der Waals surface area contributed by atoms with Gasteiger partial charge < -0.3 is 29.3 Å². The molecule has 0 radical (unpaired) electrons. The lowest BCUT2D eigenvalue weighted by Gasteiger charge is -2.21. The van der Waals surface area contributed by atoms with Crippen molar-refractivity contribution in [2.24, 2.45) is 4.99 Å². The van der Waals surface area contributed by atoms with Crippen LogP contribution >= 0.6 is 0 Å². The first kappa shape index (κ1) is 22.6. The van der Waals surface area contributed by atoms with Gasteiger partial charge in [0.2, 0.25) is 0 Å². The number of hydrogen-bond donors (Lipinski definition) is 2. The van der Waals surface area contributed by atoms with E-state index in [0.717, 1.165) is 48.2 Å². The van der Waals surface area contributed by atoms with Crippen molar-refractivity contribution < 1.29 is 18.6 Å². The van der Waals surface area contributed by atoms with Crippen molar-refractivity contribution in [3.05, 3.63) is 47.9 Å². The maximum atomic E-state index is 5.52. The summed E-state index contributed by atoms with van der Waals surface area (Å²) in [5.41, 5.74) is 1.00. The minimum atomic E-state index is -0.0261. The second-order valence-electron chi connectivity index (χ2n) is 6.51. The van der Waals surface area contributed by atoms with Crippen molar-refractivity contribution in [1.82, 2.24) is 10.6 Å². The smallest absolute Gasteiger partial charge is 0.191 e. The Morgan fingerprint density at radius 3 is 2.76 bits per heavy atom. The topological polar surface area (TPSA) is 77.2 Å². The third-order valence-corrected chi connectivity index (χ3v) is 4.42. The Balaban J connectivity index is 2.03. The molecule has 0 bridgehead atoms. The molecular formula is C22H33N3O4. The first-order chi connectivity index (χ1) is 14.2. The van der Waals surface area contributed by atoms with Crippen LogP contribution in [0.1, 0.15) is 37.6 Å². The van der Waals surface area contributed by atoms with E-state index < -0.39 is 0 Å². The molecule has 0 amide bonds. The van der Waals surface area contributed by atoms with Gasteiger partial charge in [-0.3, -0.25) is 4.99 Å². The summed E-state index contributed by atoms with van der Waals surface area (Å²) in [5, 5.41) is 6.84. The van der Waals surface area contributed by atoms with Gasteiger partial charge in [0.05, 0.1) is 26.5 Å². The Morgan fingerprint density at radius 2 is 2.07 bits per heavy atom. The highest BCUT2D eigenvalue weighted by Gasteiger charge is 2.14. The van der Waals surface area contributed by atoms with Crippen LogP contribution in [0.4, 0.5) is 0 Å². The number of aliphatic imine (C=N–C) groups is 1. The number of hydrogen-bond acceptors (Lipinski definition) is 5. The Morgan fingerprint density at radius 1 is 1.21 bits per heavy atom. The lowest BCUT2D eigenvalue weighted by atomic mass is 10.1. The van der Waals surface area contributed by atoms with Crippen molar-refractivity contribution in [3.8, 4) is 11.5 Å². The second kappa shape index (κ2) is 12.7. The number of rotatable bonds is 12. The minimum absolute atomic E-state index is 0.0261. The SMILES string of the molecule is CCOCCCN=C(NCCc1ccco1)NC(C)c1cc(OC)ccc1OC. The molecule has 0 fully saturated rings. The van der Waals surface area contributed by atoms with Crippen LogP contribution in [-0.2, 0) is 11.2 Å². The normalized spacial score (nSPS) is 12.5. The number of nitrogens with zero attached hydrogens (tertiary/aromatic N) is 1. The average Bonchev–Trinajstić information content (AvgIpc) is 3.26. The molecule has 0 aliphatic heterocycles. The van der Waals surface area contributed by atoms with Gasteiger partial charge in [-0.05, 0) is 50.6 Å². The molecule has 1 unspecified atom stereocenters. The second-order valence-corrected chi connectivity index (χ2v) is 6.51. The summed E-state index contributed by atoms with van der Waals surface area (Å²) in [4.78, 5) is 4.69. The van der Waals surface area contributed by atoms with E-state index in [4.69, 9.17) is 18.6 Å². The van der Waals surface area contributed by atoms with Crippen molar-refractivity contribution >= 4 is 5.96 Å². The van der Waals surface area contributed by atoms with Gasteiger partial charge in [0, 0.05) is 38.3 Å². The van der Waals surface area contributed by atoms with Crippen molar-refractivity contribution in [1.29, 1.82) is 0 Å². The van der Waals surface area contributed by atoms with E-state index in [9.17, 15) is 0 Å². The Labute approximate surface area is 173 Å². The molecule has 0 spiro atoms. The fraction of sp³-hybridized carbons (Fsp3) is 0.500. The molecule has 1 aromatic carbocycles. The molecule has 2 rings (SSSR count). The molecule has 1 heterocycles. The van der Waals surface area contributed by atoms with E-state index in [-0.39, 0.29) is 6.04 Å². The van der Waals surface area contributed by atoms with Crippen LogP contribution < -0.4 is 20.1 Å². The molecule has 0 aliphatic rings. The molecule has 7 nitrogen and oxygen atoms in total. The van der Waals surface area contributed by atoms with E-state index in [0.29, 0.717) is 19.7 Å². The fourth-order valence-corrected chi connectivity index (χ4v) is 2.87. The summed E-state index contributed by atoms with van der Waals surface area (Å²) in [6.07, 6.45) is 3.34. The number of methoxy groups -OCH3 is 2. The van der Waals surface area contributed by atoms with Crippen LogP contribution in [0.3, 0.4) is 0 Å². The average molecular weight is 404 g/mol. The highest BCUT2D eigenvalue weighted by molar-refractivity contribution is 5.80. The van der Waals surface area contributed by atoms with Crippen LogP contribution in [-0.4, -0.2) is 46.5 Å². The zero-order valence-electron chi connectivity index (χ0n) is 17.9. The van der Waals surface area contributed by atoms with Crippen molar-refractivity contribution in [2.75, 3.05) is 40.5 Å². The first-order valence-corrected chi connectivity index (χ1v) is 10.0. The molecule has 0 saturated carbocycles. The van der Waals surface area contributed by atoms with E-state index in [1.54, 1.807) is 20.5 Å². The molecule has 2 N–H and O–H groups in total. The maximum absolute atomic E-state index is 5.52. The van der Waals surface area contributed by atoms with Gasteiger partial charge in [0.15, 0.2) is 5.96 Å². The number of benzene rings is 1. The lowest BCUT2D eigenvalue weighted by molar-refractivity contribution is 0.146. The zero-order chi connectivity index (χ0) is 20.9. The number of guanidine groups is 1. The maximum Gasteiger partial charge on any atom is 0.191 e. The molecule has 2 aromatic rings. The van der Waals surface area contributed by atoms with Crippen molar-refractivity contribution in [3.63, 3.8) is 0 Å². The van der Waals surface area contributed by atoms with Gasteiger partial charge in [-0.2, -0.15) is 0 Å². The highest BCUT2D eigenvalue weighted by Crippen LogP contribution is 2.29. The van der Waals surface area contributed by atoms with Gasteiger partial charge in [-0.15, -0.1) is 0 Å². The minimum Gasteiger partial charge on any atom is -0.497 e. The van der Waals surface area contributed by atoms with Gasteiger partial charge in [0.1, 0.15) is 17.3 Å². The predicted octanol–water partition coefficient (Wildman–Crippen LogP) is 3.56. The molecule has 0 aliphatic carbocycles. The fourth-order valence-electron chi connectivity index (χ4n) is 2.87. The molecule has 29 heavy (non-hydrogen) atoms. The van der Waals surface area contributed by atoms with Crippen LogP contribution in [0.25, 0.3) is 0 Å². The van der Waals surface area contributed by atoms with Crippen LogP contribution in [0.5, 0.6) is 11.5 Å². The van der Waals surface area contributed by atoms with Crippen LogP contribution in [0.2, 0.25) is 0 Å². The van der Waals surface area contributed by atoms with Crippen LogP contribution in [0, 0.1) is 0 Å². The first-order valence-electron chi connectivity index (χ1n) is 10.0. The summed E-state index contributed by atoms with van der Waals surface area (Å²) in [7, 11) is 3.33. The third-order valence-electron chi connectivity index (χ3n) is 4.42. The molecule has 160 valence electrons. The number of nitrogens with one attached hydrogen (secondary N) is 2. The lowest BCUT2D eigenvalue weighted by Crippen LogP contribution is -2.40. The summed E-state index contributed by atoms with van der Waals surface area (Å²) in [6, 6.07) is 9.62. The Hall–Kier alpha value is -2.67. The third kappa shape index (κ3) is 7.69. The van der Waals surface area contributed by atoms with Crippen LogP contribution in [0.15, 0.2) is 46.0 Å². The van der Waals surface area contributed by atoms with Gasteiger partial charge in [-0.1, -0.05) is 0 Å². The standard InChI is InChI=1S/C22H33N3O4/c1-5-28-14-7-12-23-22(24-13-11-18-8-6-15-29-18)25-17(2)20-16-19(26-3)9-10-21(20)27-4/h6,8-10,15-17H,5,7,11-14H2,1-4H3,(H2,23,24,25). The molecular weight excluding hydrogens is 370 g/mol. The van der Waals surface area contributed by atoms with Gasteiger partial charge in [0.25, 0.3) is 0 Å². The van der Waals surface area contributed by atoms with E-state index in [1.165, 1.54) is 0 Å². The monoisotopic (exact) mass is 403 g/mol. The van der Waals surface area contributed by atoms with Gasteiger partial charge in [-0.25, -0.2) is 0 Å². The molecule has 1 atom stereocenters. The Bertz CT molecular complexity index is 732. The highest BCUT2D eigenvalue weighted by atomic mass is 16.5. The Kier molecular flexibility index (Phi) is 9.92. The van der Waals surface area contributed by atoms with Crippen molar-refractivity contribution in [2.45, 2.75) is 32.7 Å². The largest absolute Gasteiger partial charge is 0.497 e. The predicted molar refractivity (Wildman–Crippen MR) is 115 cm³/mol. The quantitative estimate of drug-likeness (QED) is 0.321. The molecule has 0 saturated heterocycles. The molecule has 7 heteroatoms. The molecule has 1 aromatic heterocycles. The summed E-state index contributed by atoms with van der Waals surface area (Å²) >= 11 is 0. The van der Waals surface area contributed by atoms with E-state index in [2.05, 4.69) is 22.5 Å².